The number of carbonyl (C=O) groups excluding carboxylic acids is 3. The number of fused-ring (bicyclic) bond motifs is 1. The molecule has 4 amide bonds. The first kappa shape index (κ1) is 24.7. The number of hydrogen-bond donors (Lipinski definition) is 1. The number of anilines is 1. The molecule has 1 aliphatic heterocycles. The van der Waals surface area contributed by atoms with Gasteiger partial charge < -0.3 is 4.74 Å². The number of halogens is 2. The van der Waals surface area contributed by atoms with Crippen molar-refractivity contribution in [3.8, 4) is 5.75 Å². The summed E-state index contributed by atoms with van der Waals surface area (Å²) in [4.78, 5) is 38.9. The lowest BCUT2D eigenvalue weighted by Gasteiger charge is -2.26. The molecule has 0 unspecified atom stereocenters. The maximum Gasteiger partial charge on any atom is 0.335 e. The number of amides is 4. The van der Waals surface area contributed by atoms with E-state index in [-0.39, 0.29) is 11.3 Å². The zero-order valence-electron chi connectivity index (χ0n) is 19.6. The first-order chi connectivity index (χ1) is 17.8. The van der Waals surface area contributed by atoms with E-state index in [1.54, 1.807) is 36.4 Å². The Bertz CT molecular complexity index is 1620. The molecular formula is C29H20BrClN2O4. The van der Waals surface area contributed by atoms with E-state index in [2.05, 4.69) is 52.4 Å². The second-order valence-electron chi connectivity index (χ2n) is 8.50. The predicted octanol–water partition coefficient (Wildman–Crippen LogP) is 6.81. The molecular weight excluding hydrogens is 556 g/mol. The number of benzene rings is 4. The van der Waals surface area contributed by atoms with E-state index in [0.29, 0.717) is 27.4 Å². The Balaban J connectivity index is 1.39. The molecule has 0 radical (unpaired) electrons. The summed E-state index contributed by atoms with van der Waals surface area (Å²) in [6, 6.07) is 23.1. The van der Waals surface area contributed by atoms with Crippen molar-refractivity contribution in [2.45, 2.75) is 13.5 Å². The van der Waals surface area contributed by atoms with Crippen LogP contribution in [0.2, 0.25) is 5.02 Å². The SMILES string of the molecule is Cc1ccc2ccccc2c1COc1ccc(/C=C2\C(=O)NC(=O)N(c3cccc(Cl)c3)C2=O)cc1Br. The van der Waals surface area contributed by atoms with E-state index >= 15 is 0 Å². The summed E-state index contributed by atoms with van der Waals surface area (Å²) in [5, 5.41) is 4.86. The Labute approximate surface area is 226 Å². The van der Waals surface area contributed by atoms with Crippen LogP contribution in [0.4, 0.5) is 10.5 Å². The van der Waals surface area contributed by atoms with Crippen molar-refractivity contribution in [3.63, 3.8) is 0 Å². The molecule has 1 heterocycles. The molecule has 0 bridgehead atoms. The fourth-order valence-electron chi connectivity index (χ4n) is 4.18. The van der Waals surface area contributed by atoms with Crippen LogP contribution in [0, 0.1) is 6.92 Å². The monoisotopic (exact) mass is 574 g/mol. The number of nitrogens with zero attached hydrogens (tertiary/aromatic N) is 1. The molecule has 6 nitrogen and oxygen atoms in total. The van der Waals surface area contributed by atoms with Crippen molar-refractivity contribution in [2.75, 3.05) is 4.90 Å². The van der Waals surface area contributed by atoms with Gasteiger partial charge in [0.2, 0.25) is 0 Å². The fourth-order valence-corrected chi connectivity index (χ4v) is 4.88. The Morgan fingerprint density at radius 3 is 2.57 bits per heavy atom. The van der Waals surface area contributed by atoms with Gasteiger partial charge in [0, 0.05) is 10.6 Å². The molecule has 0 aliphatic carbocycles. The average molecular weight is 576 g/mol. The zero-order chi connectivity index (χ0) is 26.1. The maximum atomic E-state index is 13.1. The third-order valence-corrected chi connectivity index (χ3v) is 6.94. The largest absolute Gasteiger partial charge is 0.488 e. The maximum absolute atomic E-state index is 13.1. The number of barbiturate groups is 1. The highest BCUT2D eigenvalue weighted by atomic mass is 79.9. The second kappa shape index (κ2) is 10.2. The average Bonchev–Trinajstić information content (AvgIpc) is 2.87. The van der Waals surface area contributed by atoms with Crippen LogP contribution in [0.3, 0.4) is 0 Å². The summed E-state index contributed by atoms with van der Waals surface area (Å²) in [6.45, 7) is 2.43. The minimum atomic E-state index is -0.830. The normalized spacial score (nSPS) is 14.8. The van der Waals surface area contributed by atoms with Crippen LogP contribution in [-0.4, -0.2) is 17.8 Å². The molecule has 1 fully saturated rings. The molecule has 1 aliphatic rings. The molecule has 184 valence electrons. The third kappa shape index (κ3) is 5.01. The highest BCUT2D eigenvalue weighted by Crippen LogP contribution is 2.31. The molecule has 8 heteroatoms. The van der Waals surface area contributed by atoms with Crippen molar-refractivity contribution < 1.29 is 19.1 Å². The number of urea groups is 1. The molecule has 1 N–H and O–H groups in total. The fraction of sp³-hybridized carbons (Fsp3) is 0.0690. The smallest absolute Gasteiger partial charge is 0.335 e. The Morgan fingerprint density at radius 1 is 0.973 bits per heavy atom. The molecule has 5 rings (SSSR count). The molecule has 0 saturated carbocycles. The van der Waals surface area contributed by atoms with Gasteiger partial charge in [0.25, 0.3) is 11.8 Å². The van der Waals surface area contributed by atoms with Gasteiger partial charge in [-0.25, -0.2) is 9.69 Å². The number of imide groups is 2. The number of nitrogens with one attached hydrogen (secondary N) is 1. The van der Waals surface area contributed by atoms with Gasteiger partial charge in [0.15, 0.2) is 0 Å². The van der Waals surface area contributed by atoms with Crippen molar-refractivity contribution >= 4 is 67.9 Å². The van der Waals surface area contributed by atoms with Gasteiger partial charge in [0.05, 0.1) is 10.2 Å². The van der Waals surface area contributed by atoms with Crippen LogP contribution in [0.5, 0.6) is 5.75 Å². The molecule has 37 heavy (non-hydrogen) atoms. The van der Waals surface area contributed by atoms with Crippen molar-refractivity contribution in [1.29, 1.82) is 0 Å². The first-order valence-corrected chi connectivity index (χ1v) is 12.6. The Kier molecular flexibility index (Phi) is 6.82. The second-order valence-corrected chi connectivity index (χ2v) is 9.79. The van der Waals surface area contributed by atoms with Gasteiger partial charge in [0.1, 0.15) is 17.9 Å². The van der Waals surface area contributed by atoms with Gasteiger partial charge in [-0.2, -0.15) is 0 Å². The number of ether oxygens (including phenoxy) is 1. The highest BCUT2D eigenvalue weighted by Gasteiger charge is 2.36. The Hall–Kier alpha value is -3.94. The minimum absolute atomic E-state index is 0.175. The van der Waals surface area contributed by atoms with E-state index < -0.39 is 17.8 Å². The zero-order valence-corrected chi connectivity index (χ0v) is 22.0. The van der Waals surface area contributed by atoms with E-state index in [4.69, 9.17) is 16.3 Å². The van der Waals surface area contributed by atoms with Gasteiger partial charge in [-0.3, -0.25) is 14.9 Å². The molecule has 4 aromatic carbocycles. The van der Waals surface area contributed by atoms with Crippen LogP contribution in [0.15, 0.2) is 88.9 Å². The summed E-state index contributed by atoms with van der Waals surface area (Å²) < 4.78 is 6.78. The summed E-state index contributed by atoms with van der Waals surface area (Å²) in [6.07, 6.45) is 1.44. The topological polar surface area (TPSA) is 75.7 Å². The predicted molar refractivity (Wildman–Crippen MR) is 148 cm³/mol. The van der Waals surface area contributed by atoms with E-state index in [9.17, 15) is 14.4 Å². The molecule has 0 atom stereocenters. The van der Waals surface area contributed by atoms with Crippen LogP contribution in [0.1, 0.15) is 16.7 Å². The number of rotatable bonds is 5. The highest BCUT2D eigenvalue weighted by molar-refractivity contribution is 9.10. The quantitative estimate of drug-likeness (QED) is 0.210. The Morgan fingerprint density at radius 2 is 1.78 bits per heavy atom. The third-order valence-electron chi connectivity index (χ3n) is 6.08. The minimum Gasteiger partial charge on any atom is -0.488 e. The lowest BCUT2D eigenvalue weighted by Crippen LogP contribution is -2.54. The standard InChI is InChI=1S/C29H20BrClN2O4/c1-17-9-11-19-5-2-3-8-22(19)24(17)16-37-26-12-10-18(14-25(26)30)13-23-27(34)32-29(36)33(28(23)35)21-7-4-6-20(31)15-21/h2-15H,16H2,1H3,(H,32,34,36)/b23-13+. The van der Waals surface area contributed by atoms with Crippen LogP contribution < -0.4 is 15.0 Å². The van der Waals surface area contributed by atoms with Crippen molar-refractivity contribution in [3.05, 3.63) is 111 Å². The summed E-state index contributed by atoms with van der Waals surface area (Å²) in [7, 11) is 0. The van der Waals surface area contributed by atoms with Crippen LogP contribution >= 0.6 is 27.5 Å². The molecule has 0 aromatic heterocycles. The molecule has 1 saturated heterocycles. The molecule has 4 aromatic rings. The number of aryl methyl sites for hydroxylation is 1. The number of hydrogen-bond acceptors (Lipinski definition) is 4. The van der Waals surface area contributed by atoms with E-state index in [0.717, 1.165) is 26.8 Å². The van der Waals surface area contributed by atoms with E-state index in [1.807, 2.05) is 12.1 Å². The van der Waals surface area contributed by atoms with Crippen LogP contribution in [-0.2, 0) is 16.2 Å². The van der Waals surface area contributed by atoms with Gasteiger partial charge in [-0.05, 0) is 81.2 Å². The first-order valence-electron chi connectivity index (χ1n) is 11.4. The lowest BCUT2D eigenvalue weighted by atomic mass is 10.0. The summed E-state index contributed by atoms with van der Waals surface area (Å²) >= 11 is 9.55. The summed E-state index contributed by atoms with van der Waals surface area (Å²) in [5.41, 5.74) is 2.91. The van der Waals surface area contributed by atoms with E-state index in [1.165, 1.54) is 12.1 Å². The van der Waals surface area contributed by atoms with Crippen LogP contribution in [0.25, 0.3) is 16.8 Å². The van der Waals surface area contributed by atoms with Gasteiger partial charge in [-0.1, -0.05) is 60.1 Å². The van der Waals surface area contributed by atoms with Crippen molar-refractivity contribution in [1.82, 2.24) is 5.32 Å². The molecule has 0 spiro atoms. The van der Waals surface area contributed by atoms with Gasteiger partial charge in [-0.15, -0.1) is 0 Å². The number of carbonyl (C=O) groups is 3. The summed E-state index contributed by atoms with van der Waals surface area (Å²) in [5.74, 6) is -0.889. The lowest BCUT2D eigenvalue weighted by molar-refractivity contribution is -0.122. The van der Waals surface area contributed by atoms with Gasteiger partial charge >= 0.3 is 6.03 Å². The van der Waals surface area contributed by atoms with Crippen molar-refractivity contribution in [2.24, 2.45) is 0 Å².